The molecule has 2 atom stereocenters. The molecule has 0 spiro atoms. The largest absolute Gasteiger partial charge is 0.455 e. The van der Waals surface area contributed by atoms with Gasteiger partial charge in [-0.2, -0.15) is 18.3 Å². The maximum atomic E-state index is 13.4. The first-order chi connectivity index (χ1) is 22.6. The Labute approximate surface area is 277 Å². The number of furan rings is 1. The molecule has 0 aliphatic carbocycles. The Morgan fingerprint density at radius 3 is 2.25 bits per heavy atom. The Morgan fingerprint density at radius 2 is 1.60 bits per heavy atom. The number of urea groups is 2. The van der Waals surface area contributed by atoms with E-state index < -0.39 is 18.0 Å². The molecule has 12 heteroatoms. The van der Waals surface area contributed by atoms with Crippen LogP contribution < -0.4 is 16.0 Å². The predicted octanol–water partition coefficient (Wildman–Crippen LogP) is 9.06. The minimum Gasteiger partial charge on any atom is -0.455 e. The Bertz CT molecular complexity index is 1790. The van der Waals surface area contributed by atoms with E-state index in [0.29, 0.717) is 11.5 Å². The van der Waals surface area contributed by atoms with Gasteiger partial charge in [0, 0.05) is 35.3 Å². The molecule has 2 aliphatic heterocycles. The van der Waals surface area contributed by atoms with E-state index in [4.69, 9.17) is 9.52 Å². The third-order valence-corrected chi connectivity index (χ3v) is 9.13. The van der Waals surface area contributed by atoms with E-state index in [1.54, 1.807) is 9.58 Å². The zero-order chi connectivity index (χ0) is 34.4. The minimum absolute atomic E-state index is 0.0560. The number of hydrogen-bond donors (Lipinski definition) is 3. The summed E-state index contributed by atoms with van der Waals surface area (Å²) in [6.07, 6.45) is -0.831. The highest BCUT2D eigenvalue weighted by molar-refractivity contribution is 5.99. The van der Waals surface area contributed by atoms with E-state index in [1.807, 2.05) is 61.5 Å². The summed E-state index contributed by atoms with van der Waals surface area (Å²) in [4.78, 5) is 28.1. The zero-order valence-corrected chi connectivity index (χ0v) is 27.7. The lowest BCUT2D eigenvalue weighted by Gasteiger charge is -2.39. The molecular formula is C36H41F3N6O3. The number of benzene rings is 2. The number of rotatable bonds is 6. The highest BCUT2D eigenvalue weighted by atomic mass is 19.4. The second kappa shape index (κ2) is 12.7. The summed E-state index contributed by atoms with van der Waals surface area (Å²) >= 11 is 0. The molecule has 2 unspecified atom stereocenters. The van der Waals surface area contributed by atoms with Gasteiger partial charge in [-0.05, 0) is 81.7 Å². The molecule has 9 nitrogen and oxygen atoms in total. The Morgan fingerprint density at radius 1 is 0.917 bits per heavy atom. The summed E-state index contributed by atoms with van der Waals surface area (Å²) in [6.45, 7) is 9.65. The summed E-state index contributed by atoms with van der Waals surface area (Å²) in [7, 11) is 0. The van der Waals surface area contributed by atoms with Crippen molar-refractivity contribution in [1.29, 1.82) is 0 Å². The Kier molecular flexibility index (Phi) is 8.78. The van der Waals surface area contributed by atoms with Crippen LogP contribution in [-0.4, -0.2) is 38.8 Å². The number of halogens is 3. The maximum absolute atomic E-state index is 13.4. The fourth-order valence-corrected chi connectivity index (χ4v) is 6.89. The topological polar surface area (TPSA) is 104 Å². The predicted molar refractivity (Wildman–Crippen MR) is 179 cm³/mol. The van der Waals surface area contributed by atoms with Gasteiger partial charge < -0.3 is 20.0 Å². The van der Waals surface area contributed by atoms with E-state index in [1.165, 1.54) is 13.0 Å². The average Bonchev–Trinajstić information content (AvgIpc) is 3.67. The number of aromatic nitrogens is 2. The number of nitrogens with one attached hydrogen (secondary N) is 3. The van der Waals surface area contributed by atoms with Crippen molar-refractivity contribution >= 4 is 29.3 Å². The van der Waals surface area contributed by atoms with Crippen molar-refractivity contribution in [2.45, 2.75) is 90.4 Å². The van der Waals surface area contributed by atoms with Gasteiger partial charge in [-0.15, -0.1) is 0 Å². The summed E-state index contributed by atoms with van der Waals surface area (Å²) < 4.78 is 46.8. The third kappa shape index (κ3) is 7.22. The van der Waals surface area contributed by atoms with Crippen molar-refractivity contribution in [2.75, 3.05) is 16.0 Å². The smallest absolute Gasteiger partial charge is 0.451 e. The van der Waals surface area contributed by atoms with Crippen LogP contribution in [0.5, 0.6) is 0 Å². The molecule has 2 aliphatic rings. The van der Waals surface area contributed by atoms with Crippen LogP contribution in [0, 0.1) is 19.8 Å². The molecule has 0 saturated carbocycles. The number of fused-ring (bicyclic) bond motifs is 2. The van der Waals surface area contributed by atoms with Crippen LogP contribution in [0.15, 0.2) is 65.1 Å². The van der Waals surface area contributed by atoms with Crippen molar-refractivity contribution in [3.05, 3.63) is 89.0 Å². The van der Waals surface area contributed by atoms with Gasteiger partial charge in [-0.25, -0.2) is 14.3 Å². The fourth-order valence-electron chi connectivity index (χ4n) is 6.89. The molecule has 4 aromatic rings. The van der Waals surface area contributed by atoms with Gasteiger partial charge in [0.1, 0.15) is 11.6 Å². The zero-order valence-electron chi connectivity index (χ0n) is 27.7. The number of aryl methyl sites for hydroxylation is 2. The number of carbonyl (C=O) groups excluding carboxylic acids is 2. The SMILES string of the molecule is Cc1ccc(-n2nc(C(C)(C)C)cc2NC(=O)Nc2cccc(CC3CC4CCC(C3)N4C(=O)Nc3cc(C)oc3C(F)(F)F)c2)cc1. The van der Waals surface area contributed by atoms with Crippen LogP contribution in [0.2, 0.25) is 0 Å². The molecule has 2 saturated heterocycles. The standard InChI is InChI=1S/C36H41F3N6O3/c1-21-9-11-26(12-10-21)45-31(20-30(43-45)35(3,4)5)42-33(46)40-25-8-6-7-23(17-25)16-24-18-27-13-14-28(19-24)44(27)34(47)41-29-15-22(2)48-32(29)36(37,38)39/h6-12,15,17,20,24,27-28H,13-14,16,18-19H2,1-5H3,(H,41,47)(H2,40,42,46). The van der Waals surface area contributed by atoms with Crippen LogP contribution >= 0.6 is 0 Å². The normalized spacial score (nSPS) is 19.3. The average molecular weight is 663 g/mol. The number of carbonyl (C=O) groups is 2. The molecule has 2 aromatic heterocycles. The minimum atomic E-state index is -4.70. The van der Waals surface area contributed by atoms with Crippen molar-refractivity contribution in [1.82, 2.24) is 14.7 Å². The van der Waals surface area contributed by atoms with Gasteiger partial charge in [0.05, 0.1) is 17.1 Å². The highest BCUT2D eigenvalue weighted by Gasteiger charge is 2.44. The van der Waals surface area contributed by atoms with Gasteiger partial charge in [-0.3, -0.25) is 5.32 Å². The number of hydrogen-bond acceptors (Lipinski definition) is 4. The van der Waals surface area contributed by atoms with Crippen LogP contribution in [0.3, 0.4) is 0 Å². The van der Waals surface area contributed by atoms with Crippen LogP contribution in [0.25, 0.3) is 5.69 Å². The van der Waals surface area contributed by atoms with Gasteiger partial charge >= 0.3 is 18.2 Å². The van der Waals surface area contributed by atoms with E-state index >= 15 is 0 Å². The van der Waals surface area contributed by atoms with Crippen molar-refractivity contribution in [3.8, 4) is 5.69 Å². The van der Waals surface area contributed by atoms with Crippen molar-refractivity contribution in [3.63, 3.8) is 0 Å². The molecule has 0 radical (unpaired) electrons. The molecular weight excluding hydrogens is 621 g/mol. The molecule has 6 rings (SSSR count). The molecule has 48 heavy (non-hydrogen) atoms. The number of piperidine rings is 1. The summed E-state index contributed by atoms with van der Waals surface area (Å²) in [6, 6.07) is 17.7. The van der Waals surface area contributed by atoms with Crippen LogP contribution in [0.1, 0.15) is 74.8 Å². The van der Waals surface area contributed by atoms with Gasteiger partial charge in [0.15, 0.2) is 0 Å². The summed E-state index contributed by atoms with van der Waals surface area (Å²) in [5.74, 6) is -0.264. The molecule has 2 aromatic carbocycles. The second-order valence-corrected chi connectivity index (χ2v) is 14.1. The maximum Gasteiger partial charge on any atom is 0.451 e. The van der Waals surface area contributed by atoms with E-state index in [0.717, 1.165) is 54.6 Å². The molecule has 254 valence electrons. The van der Waals surface area contributed by atoms with Gasteiger partial charge in [-0.1, -0.05) is 50.6 Å². The molecule has 4 amide bonds. The lowest BCUT2D eigenvalue weighted by Crippen LogP contribution is -2.48. The Hall–Kier alpha value is -4.74. The highest BCUT2D eigenvalue weighted by Crippen LogP contribution is 2.42. The lowest BCUT2D eigenvalue weighted by molar-refractivity contribution is -0.152. The third-order valence-electron chi connectivity index (χ3n) is 9.13. The molecule has 4 heterocycles. The van der Waals surface area contributed by atoms with Crippen molar-refractivity contribution < 1.29 is 27.2 Å². The Balaban J connectivity index is 1.09. The van der Waals surface area contributed by atoms with Gasteiger partial charge in [0.2, 0.25) is 5.76 Å². The number of nitrogens with zero attached hydrogens (tertiary/aromatic N) is 3. The molecule has 2 bridgehead atoms. The second-order valence-electron chi connectivity index (χ2n) is 14.1. The first-order valence-electron chi connectivity index (χ1n) is 16.3. The monoisotopic (exact) mass is 662 g/mol. The van der Waals surface area contributed by atoms with Crippen LogP contribution in [-0.2, 0) is 18.0 Å². The van der Waals surface area contributed by atoms with E-state index in [-0.39, 0.29) is 40.9 Å². The summed E-state index contributed by atoms with van der Waals surface area (Å²) in [5.41, 5.74) is 3.95. The number of alkyl halides is 3. The number of anilines is 3. The quantitative estimate of drug-likeness (QED) is 0.192. The van der Waals surface area contributed by atoms with E-state index in [2.05, 4.69) is 36.7 Å². The first-order valence-corrected chi connectivity index (χ1v) is 16.3. The number of amides is 4. The first kappa shape index (κ1) is 33.2. The summed E-state index contributed by atoms with van der Waals surface area (Å²) in [5, 5.41) is 13.2. The molecule has 2 fully saturated rings. The van der Waals surface area contributed by atoms with Crippen molar-refractivity contribution in [2.24, 2.45) is 5.92 Å². The molecule has 3 N–H and O–H groups in total. The van der Waals surface area contributed by atoms with Gasteiger partial charge in [0.25, 0.3) is 0 Å². The fraction of sp³-hybridized carbons (Fsp3) is 0.417. The lowest BCUT2D eigenvalue weighted by atomic mass is 9.86. The van der Waals surface area contributed by atoms with Crippen LogP contribution in [0.4, 0.5) is 40.0 Å². The van der Waals surface area contributed by atoms with E-state index in [9.17, 15) is 22.8 Å².